The molecule has 1 heterocycles. The Balaban J connectivity index is 1.82. The quantitative estimate of drug-likeness (QED) is 0.652. The molecule has 0 aromatic rings. The highest BCUT2D eigenvalue weighted by molar-refractivity contribution is 5.11. The molecule has 0 aromatic carbocycles. The Morgan fingerprint density at radius 1 is 1.15 bits per heavy atom. The molecule has 0 bridgehead atoms. The summed E-state index contributed by atoms with van der Waals surface area (Å²) in [5, 5.41) is 3.79. The lowest BCUT2D eigenvalue weighted by atomic mass is 9.56. The lowest BCUT2D eigenvalue weighted by Crippen LogP contribution is -2.46. The molecule has 1 nitrogen and oxygen atoms in total. The third kappa shape index (κ3) is 0.918. The molecule has 0 aromatic heterocycles. The molecule has 2 aliphatic carbocycles. The van der Waals surface area contributed by atoms with Gasteiger partial charge in [0.2, 0.25) is 0 Å². The van der Waals surface area contributed by atoms with Crippen LogP contribution in [0.4, 0.5) is 0 Å². The molecule has 74 valence electrons. The van der Waals surface area contributed by atoms with Crippen LogP contribution < -0.4 is 5.32 Å². The molecule has 3 aliphatic rings. The van der Waals surface area contributed by atoms with E-state index in [-0.39, 0.29) is 0 Å². The van der Waals surface area contributed by atoms with Crippen molar-refractivity contribution in [1.82, 2.24) is 5.32 Å². The summed E-state index contributed by atoms with van der Waals surface area (Å²) in [7, 11) is 0. The largest absolute Gasteiger partial charge is 0.311 e. The lowest BCUT2D eigenvalue weighted by Gasteiger charge is -2.48. The molecular formula is C12H21N. The first-order chi connectivity index (χ1) is 6.33. The molecule has 6 unspecified atom stereocenters. The fraction of sp³-hybridized carbons (Fsp3) is 1.00. The Morgan fingerprint density at radius 2 is 1.85 bits per heavy atom. The fourth-order valence-corrected chi connectivity index (χ4v) is 4.62. The van der Waals surface area contributed by atoms with Gasteiger partial charge in [-0.15, -0.1) is 0 Å². The van der Waals surface area contributed by atoms with Gasteiger partial charge in [0.15, 0.2) is 0 Å². The van der Waals surface area contributed by atoms with Gasteiger partial charge in [-0.1, -0.05) is 13.3 Å². The van der Waals surface area contributed by atoms with Crippen molar-refractivity contribution in [1.29, 1.82) is 0 Å². The molecule has 3 fully saturated rings. The average Bonchev–Trinajstić information content (AvgIpc) is 2.57. The molecule has 0 amide bonds. The van der Waals surface area contributed by atoms with Crippen LogP contribution in [0.3, 0.4) is 0 Å². The van der Waals surface area contributed by atoms with Crippen LogP contribution in [0.25, 0.3) is 0 Å². The second-order valence-corrected chi connectivity index (χ2v) is 5.38. The van der Waals surface area contributed by atoms with Gasteiger partial charge in [-0.05, 0) is 49.9 Å². The van der Waals surface area contributed by atoms with Gasteiger partial charge in [-0.25, -0.2) is 0 Å². The van der Waals surface area contributed by atoms with Crippen molar-refractivity contribution in [3.63, 3.8) is 0 Å². The summed E-state index contributed by atoms with van der Waals surface area (Å²) in [4.78, 5) is 0. The van der Waals surface area contributed by atoms with Crippen molar-refractivity contribution >= 4 is 0 Å². The van der Waals surface area contributed by atoms with Crippen LogP contribution >= 0.6 is 0 Å². The van der Waals surface area contributed by atoms with Crippen molar-refractivity contribution in [2.45, 2.75) is 51.6 Å². The van der Waals surface area contributed by atoms with E-state index < -0.39 is 0 Å². The molecule has 1 aliphatic heterocycles. The van der Waals surface area contributed by atoms with Crippen molar-refractivity contribution in [2.24, 2.45) is 23.7 Å². The molecule has 0 spiro atoms. The second-order valence-electron chi connectivity index (χ2n) is 5.38. The topological polar surface area (TPSA) is 12.0 Å². The van der Waals surface area contributed by atoms with Crippen molar-refractivity contribution in [3.05, 3.63) is 0 Å². The Morgan fingerprint density at radius 3 is 2.54 bits per heavy atom. The highest BCUT2D eigenvalue weighted by Crippen LogP contribution is 2.60. The third-order valence-corrected chi connectivity index (χ3v) is 5.02. The van der Waals surface area contributed by atoms with E-state index in [9.17, 15) is 0 Å². The van der Waals surface area contributed by atoms with Gasteiger partial charge in [0.25, 0.3) is 0 Å². The third-order valence-electron chi connectivity index (χ3n) is 5.02. The highest BCUT2D eigenvalue weighted by Gasteiger charge is 2.59. The zero-order valence-electron chi connectivity index (χ0n) is 8.79. The number of hydrogen-bond acceptors (Lipinski definition) is 1. The van der Waals surface area contributed by atoms with E-state index in [1.54, 1.807) is 0 Å². The van der Waals surface area contributed by atoms with Crippen LogP contribution in [0.2, 0.25) is 0 Å². The smallest absolute Gasteiger partial charge is 0.0101 e. The van der Waals surface area contributed by atoms with Gasteiger partial charge < -0.3 is 5.32 Å². The summed E-state index contributed by atoms with van der Waals surface area (Å²) >= 11 is 0. The first-order valence-corrected chi connectivity index (χ1v) is 6.09. The van der Waals surface area contributed by atoms with E-state index in [0.29, 0.717) is 0 Å². The lowest BCUT2D eigenvalue weighted by molar-refractivity contribution is 0.0139. The molecule has 6 atom stereocenters. The second kappa shape index (κ2) is 2.73. The highest BCUT2D eigenvalue weighted by atomic mass is 15.0. The maximum Gasteiger partial charge on any atom is 0.0101 e. The van der Waals surface area contributed by atoms with Crippen LogP contribution in [0, 0.1) is 23.7 Å². The van der Waals surface area contributed by atoms with Gasteiger partial charge in [0.05, 0.1) is 0 Å². The van der Waals surface area contributed by atoms with E-state index in [0.717, 1.165) is 35.8 Å². The monoisotopic (exact) mass is 179 g/mol. The van der Waals surface area contributed by atoms with Crippen LogP contribution in [0.1, 0.15) is 39.5 Å². The Hall–Kier alpha value is -0.0400. The molecule has 13 heavy (non-hydrogen) atoms. The summed E-state index contributed by atoms with van der Waals surface area (Å²) in [5.74, 6) is 4.35. The van der Waals surface area contributed by atoms with Crippen LogP contribution in [-0.2, 0) is 0 Å². The fourth-order valence-electron chi connectivity index (χ4n) is 4.62. The average molecular weight is 179 g/mol. The van der Waals surface area contributed by atoms with Crippen molar-refractivity contribution < 1.29 is 0 Å². The van der Waals surface area contributed by atoms with E-state index in [1.807, 2.05) is 0 Å². The summed E-state index contributed by atoms with van der Waals surface area (Å²) in [6.45, 7) is 4.75. The minimum atomic E-state index is 0.814. The first kappa shape index (κ1) is 8.28. The maximum absolute atomic E-state index is 3.79. The molecular weight excluding hydrogens is 158 g/mol. The first-order valence-electron chi connectivity index (χ1n) is 6.09. The molecule has 0 radical (unpaired) electrons. The maximum atomic E-state index is 3.79. The standard InChI is InChI=1S/C12H21N/c1-3-10-12-9-6-4-5-8(9)11(12)7(2)13-10/h7-13H,3-6H2,1-2H3. The molecule has 3 rings (SSSR count). The predicted molar refractivity (Wildman–Crippen MR) is 54.5 cm³/mol. The zero-order chi connectivity index (χ0) is 9.00. The predicted octanol–water partition coefficient (Wildman–Crippen LogP) is 2.42. The molecule has 1 N–H and O–H groups in total. The van der Waals surface area contributed by atoms with Gasteiger partial charge in [0.1, 0.15) is 0 Å². The minimum Gasteiger partial charge on any atom is -0.311 e. The van der Waals surface area contributed by atoms with Crippen molar-refractivity contribution in [3.8, 4) is 0 Å². The summed E-state index contributed by atoms with van der Waals surface area (Å²) < 4.78 is 0. The van der Waals surface area contributed by atoms with E-state index >= 15 is 0 Å². The number of nitrogens with one attached hydrogen (secondary N) is 1. The Labute approximate surface area is 81.3 Å². The zero-order valence-corrected chi connectivity index (χ0v) is 8.79. The molecule has 1 saturated heterocycles. The van der Waals surface area contributed by atoms with Gasteiger partial charge in [-0.3, -0.25) is 0 Å². The summed E-state index contributed by atoms with van der Waals surface area (Å²) in [6.07, 6.45) is 5.94. The summed E-state index contributed by atoms with van der Waals surface area (Å²) in [5.41, 5.74) is 0. The van der Waals surface area contributed by atoms with E-state index in [1.165, 1.54) is 25.7 Å². The van der Waals surface area contributed by atoms with Gasteiger partial charge in [-0.2, -0.15) is 0 Å². The SMILES string of the molecule is CCC1NC(C)C2C3CCCC3C12. The number of rotatable bonds is 1. The molecule has 2 saturated carbocycles. The molecule has 1 heteroatoms. The van der Waals surface area contributed by atoms with Crippen LogP contribution in [0.5, 0.6) is 0 Å². The van der Waals surface area contributed by atoms with Gasteiger partial charge in [0, 0.05) is 12.1 Å². The minimum absolute atomic E-state index is 0.814. The normalized spacial score (nSPS) is 58.6. The Kier molecular flexibility index (Phi) is 1.74. The van der Waals surface area contributed by atoms with Crippen LogP contribution in [-0.4, -0.2) is 12.1 Å². The Bertz CT molecular complexity index is 211. The summed E-state index contributed by atoms with van der Waals surface area (Å²) in [6, 6.07) is 1.67. The number of hydrogen-bond donors (Lipinski definition) is 1. The van der Waals surface area contributed by atoms with E-state index in [2.05, 4.69) is 19.2 Å². The van der Waals surface area contributed by atoms with Gasteiger partial charge >= 0.3 is 0 Å². The van der Waals surface area contributed by atoms with Crippen molar-refractivity contribution in [2.75, 3.05) is 0 Å². The van der Waals surface area contributed by atoms with E-state index in [4.69, 9.17) is 0 Å². The van der Waals surface area contributed by atoms with Crippen LogP contribution in [0.15, 0.2) is 0 Å². The number of fused-ring (bicyclic) bond motifs is 4.